The lowest BCUT2D eigenvalue weighted by Crippen LogP contribution is -2.15. The van der Waals surface area contributed by atoms with E-state index < -0.39 is 0 Å². The average molecular weight is 328 g/mol. The summed E-state index contributed by atoms with van der Waals surface area (Å²) in [5, 5.41) is 2.83. The van der Waals surface area contributed by atoms with Crippen LogP contribution in [0.4, 0.5) is 11.5 Å². The molecule has 118 valence electrons. The van der Waals surface area contributed by atoms with E-state index in [0.717, 1.165) is 12.2 Å². The second-order valence-corrected chi connectivity index (χ2v) is 5.41. The maximum atomic E-state index is 12.6. The fraction of sp³-hybridized carbons (Fsp3) is 0.200. The molecule has 0 aliphatic carbocycles. The second kappa shape index (κ2) is 6.66. The number of aryl methyl sites for hydroxylation is 1. The molecule has 3 aromatic rings. The number of aromatic nitrogens is 4. The van der Waals surface area contributed by atoms with Crippen LogP contribution in [0.3, 0.4) is 0 Å². The van der Waals surface area contributed by atoms with Gasteiger partial charge in [-0.1, -0.05) is 0 Å². The third kappa shape index (κ3) is 3.11. The minimum absolute atomic E-state index is 0.263. The molecule has 0 aromatic carbocycles. The Bertz CT molecular complexity index is 833. The first kappa shape index (κ1) is 15.3. The van der Waals surface area contributed by atoms with Crippen molar-refractivity contribution in [3.8, 4) is 0 Å². The maximum absolute atomic E-state index is 12.6. The molecule has 0 aliphatic heterocycles. The third-order valence-corrected chi connectivity index (χ3v) is 3.72. The molecule has 3 N–H and O–H groups in total. The first-order chi connectivity index (χ1) is 11.2. The van der Waals surface area contributed by atoms with Crippen LogP contribution in [0.25, 0.3) is 11.0 Å². The molecule has 23 heavy (non-hydrogen) atoms. The van der Waals surface area contributed by atoms with Gasteiger partial charge in [-0.15, -0.1) is 0 Å². The van der Waals surface area contributed by atoms with Gasteiger partial charge in [0.2, 0.25) is 0 Å². The van der Waals surface area contributed by atoms with Gasteiger partial charge in [-0.25, -0.2) is 9.97 Å². The molecule has 3 heterocycles. The largest absolute Gasteiger partial charge is 0.382 e. The molecule has 0 atom stereocenters. The topological polar surface area (TPSA) is 98.7 Å². The van der Waals surface area contributed by atoms with E-state index in [4.69, 9.17) is 5.73 Å². The number of anilines is 2. The van der Waals surface area contributed by atoms with Gasteiger partial charge in [-0.05, 0) is 24.3 Å². The van der Waals surface area contributed by atoms with Crippen LogP contribution in [0.1, 0.15) is 16.8 Å². The van der Waals surface area contributed by atoms with Crippen LogP contribution < -0.4 is 11.1 Å². The summed E-state index contributed by atoms with van der Waals surface area (Å²) in [6.45, 7) is 0.707. The van der Waals surface area contributed by atoms with Gasteiger partial charge in [-0.3, -0.25) is 9.78 Å². The molecule has 3 rings (SSSR count). The molecule has 3 aromatic heterocycles. The standard InChI is InChI=1S/C15H16N6OS/c16-14-12-13(21(9-19-12)6-1-7-23)11(8-18-14)15(22)20-10-2-4-17-5-3-10/h2-5,8-9,23H,1,6-7H2,(H2,16,18)(H,17,20,22). The minimum Gasteiger partial charge on any atom is -0.382 e. The molecule has 0 spiro atoms. The molecule has 0 saturated carbocycles. The Labute approximate surface area is 138 Å². The van der Waals surface area contributed by atoms with Crippen molar-refractivity contribution in [2.45, 2.75) is 13.0 Å². The lowest BCUT2D eigenvalue weighted by Gasteiger charge is -2.09. The maximum Gasteiger partial charge on any atom is 0.259 e. The molecule has 8 heteroatoms. The van der Waals surface area contributed by atoms with Gasteiger partial charge in [0, 0.05) is 30.8 Å². The Morgan fingerprint density at radius 1 is 1.30 bits per heavy atom. The predicted octanol–water partition coefficient (Wildman–Crippen LogP) is 1.98. The Morgan fingerprint density at radius 3 is 2.83 bits per heavy atom. The highest BCUT2D eigenvalue weighted by atomic mass is 32.1. The molecule has 0 aliphatic rings. The zero-order valence-electron chi connectivity index (χ0n) is 12.3. The van der Waals surface area contributed by atoms with Crippen LogP contribution in [-0.4, -0.2) is 31.2 Å². The number of nitrogens with one attached hydrogen (secondary N) is 1. The van der Waals surface area contributed by atoms with Crippen molar-refractivity contribution in [1.29, 1.82) is 0 Å². The van der Waals surface area contributed by atoms with E-state index in [2.05, 4.69) is 32.9 Å². The second-order valence-electron chi connectivity index (χ2n) is 4.96. The molecular formula is C15H16N6OS. The lowest BCUT2D eigenvalue weighted by atomic mass is 10.2. The number of carbonyl (C=O) groups excluding carboxylic acids is 1. The molecule has 0 saturated heterocycles. The first-order valence-electron chi connectivity index (χ1n) is 7.12. The van der Waals surface area contributed by atoms with Gasteiger partial charge in [0.1, 0.15) is 5.52 Å². The summed E-state index contributed by atoms with van der Waals surface area (Å²) in [4.78, 5) is 24.9. The summed E-state index contributed by atoms with van der Waals surface area (Å²) in [6.07, 6.45) is 7.25. The average Bonchev–Trinajstić information content (AvgIpc) is 2.99. The Balaban J connectivity index is 2.00. The summed E-state index contributed by atoms with van der Waals surface area (Å²) < 4.78 is 1.91. The van der Waals surface area contributed by atoms with Crippen LogP contribution in [0.15, 0.2) is 37.1 Å². The Hall–Kier alpha value is -2.61. The SMILES string of the molecule is Nc1ncc(C(=O)Nc2ccncc2)c2c1ncn2CCCS. The summed E-state index contributed by atoms with van der Waals surface area (Å²) >= 11 is 4.22. The monoisotopic (exact) mass is 328 g/mol. The normalized spacial score (nSPS) is 10.8. The quantitative estimate of drug-likeness (QED) is 0.622. The fourth-order valence-electron chi connectivity index (χ4n) is 2.32. The summed E-state index contributed by atoms with van der Waals surface area (Å²) in [6, 6.07) is 3.44. The number of fused-ring (bicyclic) bond motifs is 1. The van der Waals surface area contributed by atoms with E-state index in [9.17, 15) is 4.79 Å². The highest BCUT2D eigenvalue weighted by Crippen LogP contribution is 2.23. The molecule has 1 amide bonds. The van der Waals surface area contributed by atoms with Crippen molar-refractivity contribution in [1.82, 2.24) is 19.5 Å². The van der Waals surface area contributed by atoms with Gasteiger partial charge in [0.15, 0.2) is 5.82 Å². The van der Waals surface area contributed by atoms with E-state index in [1.165, 1.54) is 6.20 Å². The van der Waals surface area contributed by atoms with Crippen molar-refractivity contribution >= 4 is 41.1 Å². The van der Waals surface area contributed by atoms with Gasteiger partial charge >= 0.3 is 0 Å². The highest BCUT2D eigenvalue weighted by Gasteiger charge is 2.17. The van der Waals surface area contributed by atoms with Crippen LogP contribution in [-0.2, 0) is 6.54 Å². The first-order valence-corrected chi connectivity index (χ1v) is 7.75. The highest BCUT2D eigenvalue weighted by molar-refractivity contribution is 7.80. The molecule has 0 fully saturated rings. The van der Waals surface area contributed by atoms with Crippen molar-refractivity contribution in [2.24, 2.45) is 0 Å². The number of amides is 1. The number of pyridine rings is 2. The van der Waals surface area contributed by atoms with E-state index in [1.54, 1.807) is 30.9 Å². The van der Waals surface area contributed by atoms with E-state index in [-0.39, 0.29) is 5.91 Å². The summed E-state index contributed by atoms with van der Waals surface area (Å²) in [7, 11) is 0. The number of carbonyl (C=O) groups is 1. The Morgan fingerprint density at radius 2 is 2.09 bits per heavy atom. The van der Waals surface area contributed by atoms with Gasteiger partial charge in [-0.2, -0.15) is 12.6 Å². The minimum atomic E-state index is -0.263. The number of nitrogens with zero attached hydrogens (tertiary/aromatic N) is 4. The van der Waals surface area contributed by atoms with Crippen molar-refractivity contribution < 1.29 is 4.79 Å². The number of rotatable bonds is 5. The fourth-order valence-corrected chi connectivity index (χ4v) is 2.46. The number of hydrogen-bond donors (Lipinski definition) is 3. The third-order valence-electron chi connectivity index (χ3n) is 3.41. The van der Waals surface area contributed by atoms with Crippen LogP contribution in [0.2, 0.25) is 0 Å². The number of hydrogen-bond acceptors (Lipinski definition) is 6. The van der Waals surface area contributed by atoms with E-state index in [0.29, 0.717) is 34.6 Å². The van der Waals surface area contributed by atoms with Crippen LogP contribution >= 0.6 is 12.6 Å². The lowest BCUT2D eigenvalue weighted by molar-refractivity contribution is 0.102. The zero-order valence-corrected chi connectivity index (χ0v) is 13.2. The summed E-state index contributed by atoms with van der Waals surface area (Å²) in [5.41, 5.74) is 8.19. The summed E-state index contributed by atoms with van der Waals surface area (Å²) in [5.74, 6) is 0.796. The molecule has 7 nitrogen and oxygen atoms in total. The molecule has 0 bridgehead atoms. The molecule has 0 radical (unpaired) electrons. The number of nitrogen functional groups attached to an aromatic ring is 1. The van der Waals surface area contributed by atoms with Gasteiger partial charge in [0.25, 0.3) is 5.91 Å². The van der Waals surface area contributed by atoms with Crippen LogP contribution in [0.5, 0.6) is 0 Å². The van der Waals surface area contributed by atoms with Crippen molar-refractivity contribution in [3.05, 3.63) is 42.6 Å². The number of imidazole rings is 1. The van der Waals surface area contributed by atoms with E-state index >= 15 is 0 Å². The zero-order chi connectivity index (χ0) is 16.2. The van der Waals surface area contributed by atoms with Crippen LogP contribution in [0, 0.1) is 0 Å². The van der Waals surface area contributed by atoms with Gasteiger partial charge in [0.05, 0.1) is 17.4 Å². The number of thiol groups is 1. The van der Waals surface area contributed by atoms with Gasteiger partial charge < -0.3 is 15.6 Å². The van der Waals surface area contributed by atoms with E-state index in [1.807, 2.05) is 4.57 Å². The Kier molecular flexibility index (Phi) is 4.42. The number of nitrogens with two attached hydrogens (primary N) is 1. The van der Waals surface area contributed by atoms with Crippen molar-refractivity contribution in [3.63, 3.8) is 0 Å². The van der Waals surface area contributed by atoms with Crippen molar-refractivity contribution in [2.75, 3.05) is 16.8 Å². The molecular weight excluding hydrogens is 312 g/mol. The molecule has 0 unspecified atom stereocenters. The predicted molar refractivity (Wildman–Crippen MR) is 92.6 cm³/mol. The smallest absolute Gasteiger partial charge is 0.259 e.